The van der Waals surface area contributed by atoms with Crippen molar-refractivity contribution in [2.45, 2.75) is 31.7 Å². The van der Waals surface area contributed by atoms with E-state index in [9.17, 15) is 4.79 Å². The van der Waals surface area contributed by atoms with Crippen molar-refractivity contribution in [2.75, 3.05) is 13.1 Å². The highest BCUT2D eigenvalue weighted by atomic mass is 32.1. The van der Waals surface area contributed by atoms with Crippen LogP contribution in [-0.4, -0.2) is 34.0 Å². The lowest BCUT2D eigenvalue weighted by Gasteiger charge is -2.33. The Bertz CT molecular complexity index is 334. The van der Waals surface area contributed by atoms with E-state index in [4.69, 9.17) is 5.11 Å². The monoisotopic (exact) mass is 240 g/mol. The third kappa shape index (κ3) is 2.80. The predicted octanol–water partition coefficient (Wildman–Crippen LogP) is 2.14. The number of hydrogen-bond donors (Lipinski definition) is 1. The smallest absolute Gasteiger partial charge is 0.305 e. The maximum absolute atomic E-state index is 10.9. The number of carboxylic acids is 1. The van der Waals surface area contributed by atoms with Crippen molar-refractivity contribution in [1.29, 1.82) is 0 Å². The molecule has 0 saturated carbocycles. The van der Waals surface area contributed by atoms with E-state index in [0.29, 0.717) is 0 Å². The number of carbonyl (C=O) groups is 1. The third-order valence-electron chi connectivity index (χ3n) is 2.98. The van der Waals surface area contributed by atoms with E-state index in [-0.39, 0.29) is 12.5 Å². The Morgan fingerprint density at radius 2 is 2.25 bits per heavy atom. The highest BCUT2D eigenvalue weighted by Gasteiger charge is 2.25. The first-order chi connectivity index (χ1) is 7.77. The van der Waals surface area contributed by atoms with Crippen LogP contribution in [0.5, 0.6) is 0 Å². The molecule has 1 aliphatic rings. The molecule has 1 saturated heterocycles. The normalized spacial score (nSPS) is 19.5. The van der Waals surface area contributed by atoms with Gasteiger partial charge in [-0.15, -0.1) is 11.3 Å². The molecule has 1 atom stereocenters. The minimum absolute atomic E-state index is 0.0188. The van der Waals surface area contributed by atoms with Gasteiger partial charge in [0.25, 0.3) is 0 Å². The molecule has 0 amide bonds. The van der Waals surface area contributed by atoms with E-state index in [1.54, 1.807) is 23.0 Å². The number of nitrogens with zero attached hydrogens (tertiary/aromatic N) is 2. The standard InChI is InChI=1S/C11H16N2O2S/c14-11(15)6-9(10-7-12-8-16-10)13-4-2-1-3-5-13/h7-9H,1-6H2,(H,14,15). The lowest BCUT2D eigenvalue weighted by Crippen LogP contribution is -2.34. The maximum atomic E-state index is 10.9. The van der Waals surface area contributed by atoms with Crippen LogP contribution in [0.25, 0.3) is 0 Å². The van der Waals surface area contributed by atoms with Gasteiger partial charge in [-0.2, -0.15) is 0 Å². The Labute approximate surface area is 98.9 Å². The summed E-state index contributed by atoms with van der Waals surface area (Å²) in [5.74, 6) is -0.732. The first-order valence-electron chi connectivity index (χ1n) is 5.61. The third-order valence-corrected chi connectivity index (χ3v) is 3.86. The summed E-state index contributed by atoms with van der Waals surface area (Å²) in [4.78, 5) is 18.3. The number of thiazole rings is 1. The van der Waals surface area contributed by atoms with Gasteiger partial charge in [0.15, 0.2) is 0 Å². The molecule has 1 fully saturated rings. The minimum Gasteiger partial charge on any atom is -0.481 e. The van der Waals surface area contributed by atoms with E-state index in [1.165, 1.54) is 19.3 Å². The van der Waals surface area contributed by atoms with Crippen LogP contribution in [0.15, 0.2) is 11.7 Å². The molecule has 0 aliphatic carbocycles. The van der Waals surface area contributed by atoms with Crippen LogP contribution in [0.4, 0.5) is 0 Å². The molecule has 2 rings (SSSR count). The summed E-state index contributed by atoms with van der Waals surface area (Å²) >= 11 is 1.55. The highest BCUT2D eigenvalue weighted by Crippen LogP contribution is 2.29. The van der Waals surface area contributed by atoms with Crippen LogP contribution in [0, 0.1) is 0 Å². The van der Waals surface area contributed by atoms with Crippen LogP contribution < -0.4 is 0 Å². The summed E-state index contributed by atoms with van der Waals surface area (Å²) in [6.07, 6.45) is 5.60. The molecule has 88 valence electrons. The van der Waals surface area contributed by atoms with E-state index < -0.39 is 5.97 Å². The molecule has 0 radical (unpaired) electrons. The Morgan fingerprint density at radius 1 is 1.50 bits per heavy atom. The van der Waals surface area contributed by atoms with Crippen LogP contribution >= 0.6 is 11.3 Å². The summed E-state index contributed by atoms with van der Waals surface area (Å²) in [6.45, 7) is 2.02. The topological polar surface area (TPSA) is 53.4 Å². The van der Waals surface area contributed by atoms with E-state index in [2.05, 4.69) is 9.88 Å². The molecule has 1 aromatic heterocycles. The van der Waals surface area contributed by atoms with Crippen molar-refractivity contribution >= 4 is 17.3 Å². The van der Waals surface area contributed by atoms with Crippen molar-refractivity contribution in [1.82, 2.24) is 9.88 Å². The molecule has 0 bridgehead atoms. The van der Waals surface area contributed by atoms with Crippen molar-refractivity contribution in [3.63, 3.8) is 0 Å². The lowest BCUT2D eigenvalue weighted by atomic mass is 10.1. The van der Waals surface area contributed by atoms with Crippen LogP contribution in [-0.2, 0) is 4.79 Å². The molecule has 0 aromatic carbocycles. The van der Waals surface area contributed by atoms with Gasteiger partial charge in [-0.25, -0.2) is 0 Å². The molecule has 16 heavy (non-hydrogen) atoms. The number of aliphatic carboxylic acids is 1. The van der Waals surface area contributed by atoms with Gasteiger partial charge in [0.1, 0.15) is 0 Å². The first-order valence-corrected chi connectivity index (χ1v) is 6.49. The average Bonchev–Trinajstić information content (AvgIpc) is 2.80. The quantitative estimate of drug-likeness (QED) is 0.876. The van der Waals surface area contributed by atoms with Crippen molar-refractivity contribution in [3.05, 3.63) is 16.6 Å². The Balaban J connectivity index is 2.10. The van der Waals surface area contributed by atoms with Crippen molar-refractivity contribution < 1.29 is 9.90 Å². The zero-order valence-corrected chi connectivity index (χ0v) is 9.95. The molecular weight excluding hydrogens is 224 g/mol. The number of carboxylic acid groups (broad SMARTS) is 1. The number of likely N-dealkylation sites (tertiary alicyclic amines) is 1. The van der Waals surface area contributed by atoms with Gasteiger partial charge < -0.3 is 5.11 Å². The van der Waals surface area contributed by atoms with Crippen LogP contribution in [0.3, 0.4) is 0 Å². The zero-order chi connectivity index (χ0) is 11.4. The van der Waals surface area contributed by atoms with E-state index in [1.807, 2.05) is 0 Å². The number of rotatable bonds is 4. The van der Waals surface area contributed by atoms with Gasteiger partial charge in [-0.1, -0.05) is 6.42 Å². The van der Waals surface area contributed by atoms with E-state index >= 15 is 0 Å². The molecule has 5 heteroatoms. The zero-order valence-electron chi connectivity index (χ0n) is 9.13. The Kier molecular flexibility index (Phi) is 3.90. The van der Waals surface area contributed by atoms with Crippen LogP contribution in [0.1, 0.15) is 36.6 Å². The summed E-state index contributed by atoms with van der Waals surface area (Å²) in [7, 11) is 0. The molecule has 0 spiro atoms. The second kappa shape index (κ2) is 5.41. The Hall–Kier alpha value is -0.940. The second-order valence-corrected chi connectivity index (χ2v) is 5.03. The van der Waals surface area contributed by atoms with Gasteiger partial charge in [0.05, 0.1) is 18.0 Å². The van der Waals surface area contributed by atoms with Gasteiger partial charge in [0, 0.05) is 11.1 Å². The van der Waals surface area contributed by atoms with Gasteiger partial charge in [0.2, 0.25) is 0 Å². The second-order valence-electron chi connectivity index (χ2n) is 4.11. The number of piperidine rings is 1. The van der Waals surface area contributed by atoms with Gasteiger partial charge in [-0.05, 0) is 25.9 Å². The lowest BCUT2D eigenvalue weighted by molar-refractivity contribution is -0.138. The highest BCUT2D eigenvalue weighted by molar-refractivity contribution is 7.09. The summed E-state index contributed by atoms with van der Waals surface area (Å²) in [5.41, 5.74) is 1.77. The number of aromatic nitrogens is 1. The number of hydrogen-bond acceptors (Lipinski definition) is 4. The summed E-state index contributed by atoms with van der Waals surface area (Å²) in [6, 6.07) is 0.0188. The van der Waals surface area contributed by atoms with Crippen molar-refractivity contribution in [3.8, 4) is 0 Å². The molecular formula is C11H16N2O2S. The fourth-order valence-electron chi connectivity index (χ4n) is 2.20. The Morgan fingerprint density at radius 3 is 2.81 bits per heavy atom. The van der Waals surface area contributed by atoms with E-state index in [0.717, 1.165) is 18.0 Å². The molecule has 1 unspecified atom stereocenters. The molecule has 1 aromatic rings. The van der Waals surface area contributed by atoms with Gasteiger partial charge in [-0.3, -0.25) is 14.7 Å². The predicted molar refractivity (Wildman–Crippen MR) is 62.5 cm³/mol. The molecule has 1 aliphatic heterocycles. The fourth-order valence-corrected chi connectivity index (χ4v) is 2.95. The first kappa shape index (κ1) is 11.5. The molecule has 1 N–H and O–H groups in total. The summed E-state index contributed by atoms with van der Waals surface area (Å²) in [5, 5.41) is 8.97. The molecule has 2 heterocycles. The largest absolute Gasteiger partial charge is 0.481 e. The average molecular weight is 240 g/mol. The van der Waals surface area contributed by atoms with Crippen LogP contribution in [0.2, 0.25) is 0 Å². The minimum atomic E-state index is -0.732. The van der Waals surface area contributed by atoms with Gasteiger partial charge >= 0.3 is 5.97 Å². The SMILES string of the molecule is O=C(O)CC(c1cncs1)N1CCCCC1. The van der Waals surface area contributed by atoms with Crippen molar-refractivity contribution in [2.24, 2.45) is 0 Å². The maximum Gasteiger partial charge on any atom is 0.305 e. The molecule has 4 nitrogen and oxygen atoms in total. The summed E-state index contributed by atoms with van der Waals surface area (Å²) < 4.78 is 0. The fraction of sp³-hybridized carbons (Fsp3) is 0.636.